The van der Waals surface area contributed by atoms with Gasteiger partial charge in [-0.3, -0.25) is 14.3 Å². The van der Waals surface area contributed by atoms with Crippen LogP contribution in [0.1, 0.15) is 39.0 Å². The van der Waals surface area contributed by atoms with Crippen molar-refractivity contribution < 1.29 is 18.7 Å². The Balaban J connectivity index is 2.35. The number of ether oxygens (including phenoxy) is 2. The summed E-state index contributed by atoms with van der Waals surface area (Å²) in [5.74, 6) is -0.491. The second-order valence-corrected chi connectivity index (χ2v) is 13.3. The molecule has 0 bridgehead atoms. The average molecular weight is 411 g/mol. The van der Waals surface area contributed by atoms with E-state index in [2.05, 4.69) is 43.6 Å². The maximum atomic E-state index is 12.3. The minimum absolute atomic E-state index is 0.00684. The van der Waals surface area contributed by atoms with Gasteiger partial charge in [0, 0.05) is 24.3 Å². The fourth-order valence-corrected chi connectivity index (χ4v) is 4.06. The number of H-pyrrole nitrogens is 1. The van der Waals surface area contributed by atoms with Crippen LogP contribution in [0.3, 0.4) is 0 Å². The molecule has 9 heteroatoms. The van der Waals surface area contributed by atoms with E-state index in [-0.39, 0.29) is 11.1 Å². The summed E-state index contributed by atoms with van der Waals surface area (Å²) < 4.78 is 18.6. The van der Waals surface area contributed by atoms with Crippen LogP contribution in [-0.2, 0) is 18.7 Å². The fraction of sp³-hybridized carbons (Fsp3) is 0.632. The lowest BCUT2D eigenvalue weighted by Gasteiger charge is -2.39. The van der Waals surface area contributed by atoms with E-state index in [0.717, 1.165) is 0 Å². The molecular weight excluding hydrogens is 380 g/mol. The van der Waals surface area contributed by atoms with Crippen molar-refractivity contribution in [3.8, 4) is 0 Å². The molecule has 156 valence electrons. The maximum Gasteiger partial charge on any atom is 0.330 e. The zero-order valence-corrected chi connectivity index (χ0v) is 18.6. The summed E-state index contributed by atoms with van der Waals surface area (Å²) in [6.45, 7) is 12.3. The van der Waals surface area contributed by atoms with Gasteiger partial charge in [-0.15, -0.1) is 0 Å². The lowest BCUT2D eigenvalue weighted by atomic mass is 10.1. The maximum absolute atomic E-state index is 12.3. The fourth-order valence-electron chi connectivity index (χ4n) is 2.72. The van der Waals surface area contributed by atoms with Crippen LogP contribution in [0.15, 0.2) is 27.9 Å². The smallest absolute Gasteiger partial charge is 0.330 e. The van der Waals surface area contributed by atoms with Gasteiger partial charge in [0.2, 0.25) is 0 Å². The summed E-state index contributed by atoms with van der Waals surface area (Å²) in [4.78, 5) is 37.7. The monoisotopic (exact) mass is 410 g/mol. The van der Waals surface area contributed by atoms with Gasteiger partial charge < -0.3 is 13.9 Å². The SMILES string of the molecule is COC(=O)C=C[C@H]1O[C@@H](n2cc(C)c(=O)[nH]c2=O)C[C@@H]1O[Si](C)(C)C(C)(C)C. The largest absolute Gasteiger partial charge is 0.466 e. The zero-order chi connectivity index (χ0) is 21.3. The quantitative estimate of drug-likeness (QED) is 0.454. The van der Waals surface area contributed by atoms with E-state index in [4.69, 9.17) is 9.16 Å². The zero-order valence-electron chi connectivity index (χ0n) is 17.6. The number of nitrogens with zero attached hydrogens (tertiary/aromatic N) is 1. The average Bonchev–Trinajstić information content (AvgIpc) is 2.96. The van der Waals surface area contributed by atoms with Gasteiger partial charge in [0.25, 0.3) is 5.56 Å². The van der Waals surface area contributed by atoms with Crippen molar-refractivity contribution in [3.63, 3.8) is 0 Å². The summed E-state index contributed by atoms with van der Waals surface area (Å²) in [6.07, 6.45) is 3.37. The number of carbonyl (C=O) groups is 1. The standard InChI is InChI=1S/C19H30N2O6Si/c1-12-11-21(18(24)20-17(12)23)15-10-14(27-28(6,7)19(2,3)4)13(26-15)8-9-16(22)25-5/h8-9,11,13-15H,10H2,1-7H3,(H,20,23,24)/t13-,14+,15-/m1/s1. The Morgan fingerprint density at radius 1 is 1.36 bits per heavy atom. The molecule has 1 fully saturated rings. The number of aromatic nitrogens is 2. The van der Waals surface area contributed by atoms with Gasteiger partial charge in [0.05, 0.1) is 13.2 Å². The van der Waals surface area contributed by atoms with Gasteiger partial charge >= 0.3 is 11.7 Å². The molecule has 2 rings (SSSR count). The van der Waals surface area contributed by atoms with Crippen LogP contribution >= 0.6 is 0 Å². The molecule has 28 heavy (non-hydrogen) atoms. The third-order valence-electron chi connectivity index (χ3n) is 5.45. The molecule has 2 heterocycles. The van der Waals surface area contributed by atoms with Gasteiger partial charge in [-0.2, -0.15) is 0 Å². The predicted molar refractivity (Wildman–Crippen MR) is 108 cm³/mol. The number of hydrogen-bond donors (Lipinski definition) is 1. The molecule has 8 nitrogen and oxygen atoms in total. The summed E-state index contributed by atoms with van der Waals surface area (Å²) in [7, 11) is -0.813. The molecule has 1 aliphatic heterocycles. The second kappa shape index (κ2) is 8.18. The highest BCUT2D eigenvalue weighted by Gasteiger charge is 2.44. The minimum Gasteiger partial charge on any atom is -0.466 e. The number of methoxy groups -OCH3 is 1. The molecule has 0 saturated carbocycles. The molecule has 3 atom stereocenters. The summed E-state index contributed by atoms with van der Waals surface area (Å²) in [6, 6.07) is 0. The van der Waals surface area contributed by atoms with Crippen LogP contribution in [0, 0.1) is 6.92 Å². The van der Waals surface area contributed by atoms with Crippen molar-refractivity contribution in [2.75, 3.05) is 7.11 Å². The Labute approximate surface area is 165 Å². The van der Waals surface area contributed by atoms with Gasteiger partial charge in [0.1, 0.15) is 12.3 Å². The lowest BCUT2D eigenvalue weighted by molar-refractivity contribution is -0.134. The molecule has 0 aromatic carbocycles. The highest BCUT2D eigenvalue weighted by atomic mass is 28.4. The molecule has 1 aliphatic rings. The molecular formula is C19H30N2O6Si. The lowest BCUT2D eigenvalue weighted by Crippen LogP contribution is -2.45. The molecule has 0 unspecified atom stereocenters. The first-order valence-corrected chi connectivity index (χ1v) is 12.2. The van der Waals surface area contributed by atoms with E-state index in [1.807, 2.05) is 0 Å². The molecule has 0 radical (unpaired) electrons. The predicted octanol–water partition coefficient (Wildman–Crippen LogP) is 2.25. The molecule has 0 spiro atoms. The van der Waals surface area contributed by atoms with E-state index in [9.17, 15) is 14.4 Å². The van der Waals surface area contributed by atoms with E-state index in [1.54, 1.807) is 13.0 Å². The van der Waals surface area contributed by atoms with E-state index < -0.39 is 37.9 Å². The molecule has 1 aromatic rings. The van der Waals surface area contributed by atoms with Gasteiger partial charge in [-0.05, 0) is 31.1 Å². The van der Waals surface area contributed by atoms with Crippen molar-refractivity contribution in [1.82, 2.24) is 9.55 Å². The number of aromatic amines is 1. The molecule has 1 N–H and O–H groups in total. The number of hydrogen-bond acceptors (Lipinski definition) is 6. The second-order valence-electron chi connectivity index (χ2n) is 8.57. The van der Waals surface area contributed by atoms with Crippen molar-refractivity contribution in [2.45, 2.75) is 70.7 Å². The van der Waals surface area contributed by atoms with E-state index in [1.165, 1.54) is 23.9 Å². The highest BCUT2D eigenvalue weighted by molar-refractivity contribution is 6.74. The van der Waals surface area contributed by atoms with E-state index >= 15 is 0 Å². The van der Waals surface area contributed by atoms with Gasteiger partial charge in [-0.1, -0.05) is 20.8 Å². The minimum atomic E-state index is -2.12. The van der Waals surface area contributed by atoms with Crippen LogP contribution in [0.4, 0.5) is 0 Å². The third kappa shape index (κ3) is 4.89. The van der Waals surface area contributed by atoms with Gasteiger partial charge in [0.15, 0.2) is 8.32 Å². The first-order valence-electron chi connectivity index (χ1n) is 9.27. The third-order valence-corrected chi connectivity index (χ3v) is 9.95. The normalized spacial score (nSPS) is 23.3. The summed E-state index contributed by atoms with van der Waals surface area (Å²) >= 11 is 0. The number of esters is 1. The van der Waals surface area contributed by atoms with Crippen molar-refractivity contribution >= 4 is 14.3 Å². The highest BCUT2D eigenvalue weighted by Crippen LogP contribution is 2.41. The number of carbonyl (C=O) groups excluding carboxylic acids is 1. The van der Waals surface area contributed by atoms with Gasteiger partial charge in [-0.25, -0.2) is 9.59 Å². The summed E-state index contributed by atoms with van der Waals surface area (Å²) in [5.41, 5.74) is -0.543. The Bertz CT molecular complexity index is 864. The van der Waals surface area contributed by atoms with Crippen LogP contribution in [-0.4, -0.2) is 43.2 Å². The Hall–Kier alpha value is -1.97. The summed E-state index contributed by atoms with van der Waals surface area (Å²) in [5, 5.41) is -0.00684. The van der Waals surface area contributed by atoms with Crippen LogP contribution < -0.4 is 11.2 Å². The Morgan fingerprint density at radius 2 is 2.00 bits per heavy atom. The Kier molecular flexibility index (Phi) is 6.52. The van der Waals surface area contributed by atoms with Crippen LogP contribution in [0.25, 0.3) is 0 Å². The molecule has 0 amide bonds. The van der Waals surface area contributed by atoms with Crippen molar-refractivity contribution in [1.29, 1.82) is 0 Å². The topological polar surface area (TPSA) is 99.6 Å². The molecule has 1 saturated heterocycles. The van der Waals surface area contributed by atoms with Crippen LogP contribution in [0.2, 0.25) is 18.1 Å². The van der Waals surface area contributed by atoms with Crippen molar-refractivity contribution in [3.05, 3.63) is 44.8 Å². The van der Waals surface area contributed by atoms with Crippen molar-refractivity contribution in [2.24, 2.45) is 0 Å². The van der Waals surface area contributed by atoms with E-state index in [0.29, 0.717) is 12.0 Å². The number of rotatable bonds is 5. The molecule has 1 aromatic heterocycles. The number of aryl methyl sites for hydroxylation is 1. The first kappa shape index (κ1) is 22.3. The number of nitrogens with one attached hydrogen (secondary N) is 1. The molecule has 0 aliphatic carbocycles. The van der Waals surface area contributed by atoms with Crippen LogP contribution in [0.5, 0.6) is 0 Å². The Morgan fingerprint density at radius 3 is 2.57 bits per heavy atom. The first-order chi connectivity index (χ1) is 12.9.